The van der Waals surface area contributed by atoms with Crippen molar-refractivity contribution >= 4 is 17.2 Å². The van der Waals surface area contributed by atoms with Crippen LogP contribution in [0.15, 0.2) is 30.3 Å². The summed E-state index contributed by atoms with van der Waals surface area (Å²) in [4.78, 5) is 17.0. The molecule has 0 fully saturated rings. The van der Waals surface area contributed by atoms with Gasteiger partial charge in [0.15, 0.2) is 0 Å². The van der Waals surface area contributed by atoms with Crippen LogP contribution in [0.1, 0.15) is 38.4 Å². The molecule has 0 aliphatic rings. The topological polar surface area (TPSA) is 68.0 Å². The van der Waals surface area contributed by atoms with Crippen LogP contribution >= 0.6 is 11.3 Å². The molecule has 106 valence electrons. The van der Waals surface area contributed by atoms with Gasteiger partial charge in [0, 0.05) is 12.6 Å². The molecule has 0 aliphatic carbocycles. The average molecular weight is 289 g/mol. The molecule has 0 aliphatic heterocycles. The standard InChI is InChI=1S/C15H19N3OS/c1-10-14(20-11(2)18-10)15(19)17-9-8-13(16)12-6-4-3-5-7-12/h3-7,13H,8-9,16H2,1-2H3,(H,17,19). The summed E-state index contributed by atoms with van der Waals surface area (Å²) in [6.07, 6.45) is 0.715. The van der Waals surface area contributed by atoms with Crippen LogP contribution in [0.3, 0.4) is 0 Å². The van der Waals surface area contributed by atoms with E-state index in [2.05, 4.69) is 10.3 Å². The fourth-order valence-corrected chi connectivity index (χ4v) is 2.87. The number of hydrogen-bond donors (Lipinski definition) is 2. The predicted molar refractivity (Wildman–Crippen MR) is 81.9 cm³/mol. The largest absolute Gasteiger partial charge is 0.351 e. The van der Waals surface area contributed by atoms with Gasteiger partial charge in [0.05, 0.1) is 10.7 Å². The van der Waals surface area contributed by atoms with E-state index in [1.807, 2.05) is 44.2 Å². The van der Waals surface area contributed by atoms with Crippen molar-refractivity contribution in [2.24, 2.45) is 5.73 Å². The maximum atomic E-state index is 12.0. The summed E-state index contributed by atoms with van der Waals surface area (Å²) in [5, 5.41) is 3.82. The number of carbonyl (C=O) groups is 1. The molecule has 1 aromatic carbocycles. The normalized spacial score (nSPS) is 12.2. The Morgan fingerprint density at radius 2 is 2.05 bits per heavy atom. The van der Waals surface area contributed by atoms with Crippen LogP contribution in [0.5, 0.6) is 0 Å². The molecule has 2 rings (SSSR count). The van der Waals surface area contributed by atoms with Crippen molar-refractivity contribution in [1.82, 2.24) is 10.3 Å². The van der Waals surface area contributed by atoms with E-state index in [4.69, 9.17) is 5.73 Å². The van der Waals surface area contributed by atoms with E-state index in [9.17, 15) is 4.79 Å². The van der Waals surface area contributed by atoms with Crippen molar-refractivity contribution < 1.29 is 4.79 Å². The summed E-state index contributed by atoms with van der Waals surface area (Å²) in [7, 11) is 0. The lowest BCUT2D eigenvalue weighted by atomic mass is 10.1. The van der Waals surface area contributed by atoms with E-state index in [1.165, 1.54) is 11.3 Å². The molecule has 5 heteroatoms. The number of hydrogen-bond acceptors (Lipinski definition) is 4. The molecular weight excluding hydrogens is 270 g/mol. The van der Waals surface area contributed by atoms with E-state index >= 15 is 0 Å². The Balaban J connectivity index is 1.84. The number of aryl methyl sites for hydroxylation is 2. The van der Waals surface area contributed by atoms with E-state index in [1.54, 1.807) is 0 Å². The molecule has 1 heterocycles. The number of amides is 1. The summed E-state index contributed by atoms with van der Waals surface area (Å²) < 4.78 is 0. The number of benzene rings is 1. The first kappa shape index (κ1) is 14.7. The highest BCUT2D eigenvalue weighted by Gasteiger charge is 2.13. The monoisotopic (exact) mass is 289 g/mol. The second kappa shape index (κ2) is 6.63. The highest BCUT2D eigenvalue weighted by molar-refractivity contribution is 7.13. The number of aromatic nitrogens is 1. The van der Waals surface area contributed by atoms with Gasteiger partial charge < -0.3 is 11.1 Å². The summed E-state index contributed by atoms with van der Waals surface area (Å²) in [5.41, 5.74) is 7.97. The number of rotatable bonds is 5. The first-order valence-electron chi connectivity index (χ1n) is 6.60. The molecule has 1 unspecified atom stereocenters. The lowest BCUT2D eigenvalue weighted by molar-refractivity contribution is 0.0956. The Kier molecular flexibility index (Phi) is 4.87. The van der Waals surface area contributed by atoms with E-state index < -0.39 is 0 Å². The Bertz CT molecular complexity index is 580. The smallest absolute Gasteiger partial charge is 0.263 e. The molecule has 0 radical (unpaired) electrons. The number of nitrogens with two attached hydrogens (primary N) is 1. The lowest BCUT2D eigenvalue weighted by Gasteiger charge is -2.12. The van der Waals surface area contributed by atoms with Crippen molar-refractivity contribution in [2.75, 3.05) is 6.54 Å². The Hall–Kier alpha value is -1.72. The third-order valence-corrected chi connectivity index (χ3v) is 4.15. The van der Waals surface area contributed by atoms with Crippen LogP contribution in [-0.4, -0.2) is 17.4 Å². The second-order valence-electron chi connectivity index (χ2n) is 4.71. The molecule has 0 spiro atoms. The maximum Gasteiger partial charge on any atom is 0.263 e. The van der Waals surface area contributed by atoms with Gasteiger partial charge in [-0.1, -0.05) is 30.3 Å². The number of thiazole rings is 1. The van der Waals surface area contributed by atoms with Gasteiger partial charge in [-0.05, 0) is 25.8 Å². The third-order valence-electron chi connectivity index (χ3n) is 3.08. The average Bonchev–Trinajstić information content (AvgIpc) is 2.78. The molecule has 0 saturated heterocycles. The summed E-state index contributed by atoms with van der Waals surface area (Å²) in [5.74, 6) is -0.0617. The van der Waals surface area contributed by atoms with E-state index in [-0.39, 0.29) is 11.9 Å². The molecule has 4 nitrogen and oxygen atoms in total. The van der Waals surface area contributed by atoms with Gasteiger partial charge in [-0.15, -0.1) is 11.3 Å². The van der Waals surface area contributed by atoms with Crippen LogP contribution < -0.4 is 11.1 Å². The first-order chi connectivity index (χ1) is 9.58. The van der Waals surface area contributed by atoms with Gasteiger partial charge in [0.2, 0.25) is 0 Å². The third kappa shape index (κ3) is 3.65. The van der Waals surface area contributed by atoms with Crippen molar-refractivity contribution in [3.8, 4) is 0 Å². The Labute approximate surface area is 123 Å². The highest BCUT2D eigenvalue weighted by Crippen LogP contribution is 2.17. The summed E-state index contributed by atoms with van der Waals surface area (Å²) >= 11 is 1.42. The van der Waals surface area contributed by atoms with Crippen LogP contribution in [0.25, 0.3) is 0 Å². The minimum Gasteiger partial charge on any atom is -0.351 e. The molecule has 3 N–H and O–H groups in total. The van der Waals surface area contributed by atoms with Crippen molar-refractivity contribution in [3.05, 3.63) is 51.5 Å². The molecule has 0 bridgehead atoms. The fourth-order valence-electron chi connectivity index (χ4n) is 2.03. The van der Waals surface area contributed by atoms with Crippen molar-refractivity contribution in [1.29, 1.82) is 0 Å². The van der Waals surface area contributed by atoms with Gasteiger partial charge in [0.25, 0.3) is 5.91 Å². The zero-order valence-corrected chi connectivity index (χ0v) is 12.5. The Morgan fingerprint density at radius 1 is 1.35 bits per heavy atom. The van der Waals surface area contributed by atoms with Gasteiger partial charge >= 0.3 is 0 Å². The van der Waals surface area contributed by atoms with Crippen molar-refractivity contribution in [3.63, 3.8) is 0 Å². The zero-order valence-electron chi connectivity index (χ0n) is 11.7. The van der Waals surface area contributed by atoms with Gasteiger partial charge in [-0.3, -0.25) is 4.79 Å². The molecule has 2 aromatic rings. The summed E-state index contributed by atoms with van der Waals surface area (Å²) in [6, 6.07) is 9.86. The lowest BCUT2D eigenvalue weighted by Crippen LogP contribution is -2.27. The van der Waals surface area contributed by atoms with Crippen molar-refractivity contribution in [2.45, 2.75) is 26.3 Å². The van der Waals surface area contributed by atoms with Crippen LogP contribution in [-0.2, 0) is 0 Å². The van der Waals surface area contributed by atoms with Gasteiger partial charge in [-0.2, -0.15) is 0 Å². The molecule has 20 heavy (non-hydrogen) atoms. The zero-order chi connectivity index (χ0) is 14.5. The first-order valence-corrected chi connectivity index (χ1v) is 7.42. The van der Waals surface area contributed by atoms with E-state index in [0.29, 0.717) is 17.8 Å². The number of nitrogens with zero attached hydrogens (tertiary/aromatic N) is 1. The SMILES string of the molecule is Cc1nc(C)c(C(=O)NCCC(N)c2ccccc2)s1. The van der Waals surface area contributed by atoms with Crippen LogP contribution in [0.2, 0.25) is 0 Å². The summed E-state index contributed by atoms with van der Waals surface area (Å²) in [6.45, 7) is 4.32. The van der Waals surface area contributed by atoms with Crippen LogP contribution in [0, 0.1) is 13.8 Å². The number of nitrogens with one attached hydrogen (secondary N) is 1. The highest BCUT2D eigenvalue weighted by atomic mass is 32.1. The van der Waals surface area contributed by atoms with Gasteiger partial charge in [0.1, 0.15) is 4.88 Å². The molecule has 1 atom stereocenters. The molecule has 0 saturated carbocycles. The molecule has 1 aromatic heterocycles. The quantitative estimate of drug-likeness (QED) is 0.889. The minimum absolute atomic E-state index is 0.0548. The molecular formula is C15H19N3OS. The maximum absolute atomic E-state index is 12.0. The predicted octanol–water partition coefficient (Wildman–Crippen LogP) is 2.58. The molecule has 1 amide bonds. The Morgan fingerprint density at radius 3 is 2.65 bits per heavy atom. The second-order valence-corrected chi connectivity index (χ2v) is 5.91. The van der Waals surface area contributed by atoms with Crippen LogP contribution in [0.4, 0.5) is 0 Å². The fraction of sp³-hybridized carbons (Fsp3) is 0.333. The van der Waals surface area contributed by atoms with E-state index in [0.717, 1.165) is 16.3 Å². The number of carbonyl (C=O) groups excluding carboxylic acids is 1. The van der Waals surface area contributed by atoms with Gasteiger partial charge in [-0.25, -0.2) is 4.98 Å². The minimum atomic E-state index is -0.0617.